The fourth-order valence-corrected chi connectivity index (χ4v) is 1.50. The van der Waals surface area contributed by atoms with Crippen molar-refractivity contribution in [3.8, 4) is 0 Å². The van der Waals surface area contributed by atoms with Gasteiger partial charge in [-0.2, -0.15) is 0 Å². The van der Waals surface area contributed by atoms with Gasteiger partial charge in [0.25, 0.3) is 0 Å². The van der Waals surface area contributed by atoms with Gasteiger partial charge in [0.15, 0.2) is 0 Å². The van der Waals surface area contributed by atoms with E-state index in [1.54, 1.807) is 0 Å². The third kappa shape index (κ3) is 4.24. The molecular formula is C9H18N2O2. The highest BCUT2D eigenvalue weighted by molar-refractivity contribution is 5.72. The van der Waals surface area contributed by atoms with Crippen LogP contribution in [0.15, 0.2) is 0 Å². The second-order valence-corrected chi connectivity index (χ2v) is 3.68. The Kier molecular flexibility index (Phi) is 4.18. The zero-order valence-electron chi connectivity index (χ0n) is 8.05. The fraction of sp³-hybridized carbons (Fsp3) is 0.889. The minimum Gasteiger partial charge on any atom is -0.393 e. The first-order valence-electron chi connectivity index (χ1n) is 4.81. The predicted molar refractivity (Wildman–Crippen MR) is 50.3 cm³/mol. The van der Waals surface area contributed by atoms with Gasteiger partial charge in [-0.25, -0.2) is 0 Å². The van der Waals surface area contributed by atoms with Gasteiger partial charge in [0.05, 0.1) is 6.10 Å². The molecule has 3 N–H and O–H groups in total. The molecule has 1 fully saturated rings. The molecule has 0 unspecified atom stereocenters. The molecular weight excluding hydrogens is 168 g/mol. The molecule has 0 spiro atoms. The maximum absolute atomic E-state index is 10.5. The topological polar surface area (TPSA) is 61.4 Å². The van der Waals surface area contributed by atoms with Crippen LogP contribution in [0.5, 0.6) is 0 Å². The summed E-state index contributed by atoms with van der Waals surface area (Å²) in [6.07, 6.45) is 1.78. The first-order valence-corrected chi connectivity index (χ1v) is 4.81. The van der Waals surface area contributed by atoms with E-state index >= 15 is 0 Å². The van der Waals surface area contributed by atoms with Crippen molar-refractivity contribution in [2.75, 3.05) is 19.6 Å². The molecule has 1 saturated carbocycles. The molecule has 0 aromatic rings. The molecule has 0 saturated heterocycles. The Labute approximate surface area is 78.7 Å². The Morgan fingerprint density at radius 1 is 1.46 bits per heavy atom. The molecule has 0 bridgehead atoms. The SMILES string of the molecule is CC(=O)NCCNCC1CC(O)C1. The van der Waals surface area contributed by atoms with Crippen LogP contribution in [0, 0.1) is 5.92 Å². The van der Waals surface area contributed by atoms with E-state index in [0.717, 1.165) is 25.9 Å². The number of hydrogen-bond donors (Lipinski definition) is 3. The van der Waals surface area contributed by atoms with Crippen molar-refractivity contribution in [2.24, 2.45) is 5.92 Å². The molecule has 0 aliphatic heterocycles. The lowest BCUT2D eigenvalue weighted by atomic mass is 9.82. The quantitative estimate of drug-likeness (QED) is 0.506. The standard InChI is InChI=1S/C9H18N2O2/c1-7(12)11-3-2-10-6-8-4-9(13)5-8/h8-10,13H,2-6H2,1H3,(H,11,12). The lowest BCUT2D eigenvalue weighted by Gasteiger charge is -2.31. The number of aliphatic hydroxyl groups is 1. The van der Waals surface area contributed by atoms with Crippen molar-refractivity contribution in [3.63, 3.8) is 0 Å². The van der Waals surface area contributed by atoms with Gasteiger partial charge in [-0.15, -0.1) is 0 Å². The van der Waals surface area contributed by atoms with E-state index in [1.165, 1.54) is 6.92 Å². The molecule has 4 nitrogen and oxygen atoms in total. The van der Waals surface area contributed by atoms with Crippen molar-refractivity contribution in [3.05, 3.63) is 0 Å². The van der Waals surface area contributed by atoms with Crippen LogP contribution in [0.1, 0.15) is 19.8 Å². The summed E-state index contributed by atoms with van der Waals surface area (Å²) in [4.78, 5) is 10.5. The van der Waals surface area contributed by atoms with Gasteiger partial charge in [-0.05, 0) is 25.3 Å². The molecule has 0 atom stereocenters. The van der Waals surface area contributed by atoms with Crippen LogP contribution in [-0.2, 0) is 4.79 Å². The molecule has 1 aliphatic rings. The lowest BCUT2D eigenvalue weighted by molar-refractivity contribution is -0.118. The van der Waals surface area contributed by atoms with Crippen molar-refractivity contribution in [1.29, 1.82) is 0 Å². The minimum atomic E-state index is -0.0675. The molecule has 4 heteroatoms. The van der Waals surface area contributed by atoms with E-state index in [2.05, 4.69) is 10.6 Å². The van der Waals surface area contributed by atoms with E-state index < -0.39 is 0 Å². The van der Waals surface area contributed by atoms with E-state index in [4.69, 9.17) is 5.11 Å². The van der Waals surface area contributed by atoms with E-state index in [-0.39, 0.29) is 12.0 Å². The summed E-state index contributed by atoms with van der Waals surface area (Å²) >= 11 is 0. The maximum atomic E-state index is 10.5. The van der Waals surface area contributed by atoms with Crippen LogP contribution >= 0.6 is 0 Å². The van der Waals surface area contributed by atoms with Gasteiger partial charge in [0, 0.05) is 20.0 Å². The van der Waals surface area contributed by atoms with E-state index in [0.29, 0.717) is 12.5 Å². The van der Waals surface area contributed by atoms with E-state index in [1.807, 2.05) is 0 Å². The summed E-state index contributed by atoms with van der Waals surface area (Å²) in [7, 11) is 0. The predicted octanol–water partition coefficient (Wildman–Crippen LogP) is -0.517. The van der Waals surface area contributed by atoms with Crippen LogP contribution < -0.4 is 10.6 Å². The van der Waals surface area contributed by atoms with Crippen LogP contribution in [0.4, 0.5) is 0 Å². The van der Waals surface area contributed by atoms with Crippen molar-refractivity contribution >= 4 is 5.91 Å². The Morgan fingerprint density at radius 2 is 2.15 bits per heavy atom. The largest absolute Gasteiger partial charge is 0.393 e. The number of nitrogens with one attached hydrogen (secondary N) is 2. The van der Waals surface area contributed by atoms with Gasteiger partial charge >= 0.3 is 0 Å². The number of carbonyl (C=O) groups is 1. The Bertz CT molecular complexity index is 167. The second-order valence-electron chi connectivity index (χ2n) is 3.68. The molecule has 1 rings (SSSR count). The van der Waals surface area contributed by atoms with Crippen LogP contribution in [0.25, 0.3) is 0 Å². The van der Waals surface area contributed by atoms with Gasteiger partial charge in [0.2, 0.25) is 5.91 Å². The minimum absolute atomic E-state index is 0.0147. The average Bonchev–Trinajstić information content (AvgIpc) is 1.99. The summed E-state index contributed by atoms with van der Waals surface area (Å²) in [6, 6.07) is 0. The zero-order valence-corrected chi connectivity index (χ0v) is 8.05. The number of carbonyl (C=O) groups excluding carboxylic acids is 1. The summed E-state index contributed by atoms with van der Waals surface area (Å²) in [5.41, 5.74) is 0. The van der Waals surface area contributed by atoms with Crippen molar-refractivity contribution < 1.29 is 9.90 Å². The Balaban J connectivity index is 1.82. The van der Waals surface area contributed by atoms with Crippen molar-refractivity contribution in [1.82, 2.24) is 10.6 Å². The van der Waals surface area contributed by atoms with Crippen LogP contribution in [0.3, 0.4) is 0 Å². The second kappa shape index (κ2) is 5.19. The number of hydrogen-bond acceptors (Lipinski definition) is 3. The molecule has 0 aromatic carbocycles. The monoisotopic (exact) mass is 186 g/mol. The summed E-state index contributed by atoms with van der Waals surface area (Å²) in [6.45, 7) is 3.97. The summed E-state index contributed by atoms with van der Waals surface area (Å²) in [5.74, 6) is 0.646. The fourth-order valence-electron chi connectivity index (χ4n) is 1.50. The van der Waals surface area contributed by atoms with Crippen molar-refractivity contribution in [2.45, 2.75) is 25.9 Å². The zero-order chi connectivity index (χ0) is 9.68. The van der Waals surface area contributed by atoms with Crippen LogP contribution in [-0.4, -0.2) is 36.8 Å². The van der Waals surface area contributed by atoms with Gasteiger partial charge in [-0.3, -0.25) is 4.79 Å². The molecule has 1 aliphatic carbocycles. The average molecular weight is 186 g/mol. The first kappa shape index (κ1) is 10.5. The van der Waals surface area contributed by atoms with Gasteiger partial charge in [-0.1, -0.05) is 0 Å². The van der Waals surface area contributed by atoms with E-state index in [9.17, 15) is 4.79 Å². The van der Waals surface area contributed by atoms with Gasteiger partial charge < -0.3 is 15.7 Å². The number of amides is 1. The lowest BCUT2D eigenvalue weighted by Crippen LogP contribution is -2.38. The smallest absolute Gasteiger partial charge is 0.216 e. The molecule has 0 heterocycles. The summed E-state index contributed by atoms with van der Waals surface area (Å²) < 4.78 is 0. The highest BCUT2D eigenvalue weighted by Crippen LogP contribution is 2.25. The third-order valence-electron chi connectivity index (χ3n) is 2.32. The number of aliphatic hydroxyl groups excluding tert-OH is 1. The maximum Gasteiger partial charge on any atom is 0.216 e. The Hall–Kier alpha value is -0.610. The summed E-state index contributed by atoms with van der Waals surface area (Å²) in [5, 5.41) is 15.0. The Morgan fingerprint density at radius 3 is 2.69 bits per heavy atom. The highest BCUT2D eigenvalue weighted by atomic mass is 16.3. The molecule has 13 heavy (non-hydrogen) atoms. The number of rotatable bonds is 5. The third-order valence-corrected chi connectivity index (χ3v) is 2.32. The van der Waals surface area contributed by atoms with Gasteiger partial charge in [0.1, 0.15) is 0 Å². The normalized spacial score (nSPS) is 26.6. The molecule has 0 aromatic heterocycles. The molecule has 0 radical (unpaired) electrons. The highest BCUT2D eigenvalue weighted by Gasteiger charge is 2.26. The molecule has 1 amide bonds. The first-order chi connectivity index (χ1) is 6.18. The van der Waals surface area contributed by atoms with Crippen LogP contribution in [0.2, 0.25) is 0 Å². The molecule has 76 valence electrons.